The molecule has 0 aliphatic carbocycles. The van der Waals surface area contributed by atoms with E-state index in [1.165, 1.54) is 36.2 Å². The van der Waals surface area contributed by atoms with Gasteiger partial charge in [0.15, 0.2) is 0 Å². The second kappa shape index (κ2) is 6.10. The average molecular weight is 267 g/mol. The van der Waals surface area contributed by atoms with Crippen molar-refractivity contribution in [1.82, 2.24) is 4.90 Å². The van der Waals surface area contributed by atoms with Crippen molar-refractivity contribution in [1.29, 1.82) is 0 Å². The van der Waals surface area contributed by atoms with Crippen LogP contribution < -0.4 is 4.74 Å². The monoisotopic (exact) mass is 267 g/mol. The van der Waals surface area contributed by atoms with Crippen molar-refractivity contribution < 1.29 is 4.74 Å². The second-order valence-corrected chi connectivity index (χ2v) is 5.55. The van der Waals surface area contributed by atoms with Crippen molar-refractivity contribution >= 4 is 0 Å². The lowest BCUT2D eigenvalue weighted by Crippen LogP contribution is -2.36. The van der Waals surface area contributed by atoms with Crippen LogP contribution in [0.4, 0.5) is 0 Å². The number of hydrogen-bond donors (Lipinski definition) is 0. The number of benzene rings is 2. The van der Waals surface area contributed by atoms with Crippen LogP contribution in [0.25, 0.3) is 0 Å². The van der Waals surface area contributed by atoms with Crippen molar-refractivity contribution in [3.05, 3.63) is 65.2 Å². The molecule has 2 nitrogen and oxygen atoms in total. The van der Waals surface area contributed by atoms with Crippen LogP contribution in [0.5, 0.6) is 5.75 Å². The van der Waals surface area contributed by atoms with Gasteiger partial charge < -0.3 is 4.74 Å². The summed E-state index contributed by atoms with van der Waals surface area (Å²) < 4.78 is 5.82. The molecule has 1 aliphatic heterocycles. The SMILES string of the molecule is Cc1ccc(COc2ccc(CN3CCC3)cc2)cc1. The van der Waals surface area contributed by atoms with Crippen LogP contribution in [0.2, 0.25) is 0 Å². The minimum atomic E-state index is 0.631. The van der Waals surface area contributed by atoms with Crippen molar-refractivity contribution in [2.24, 2.45) is 0 Å². The largest absolute Gasteiger partial charge is 0.489 e. The molecule has 1 saturated heterocycles. The van der Waals surface area contributed by atoms with Crippen molar-refractivity contribution in [2.45, 2.75) is 26.5 Å². The highest BCUT2D eigenvalue weighted by Crippen LogP contribution is 2.17. The van der Waals surface area contributed by atoms with Gasteiger partial charge in [0.2, 0.25) is 0 Å². The van der Waals surface area contributed by atoms with Crippen molar-refractivity contribution in [2.75, 3.05) is 13.1 Å². The topological polar surface area (TPSA) is 12.5 Å². The van der Waals surface area contributed by atoms with Crippen LogP contribution in [0.15, 0.2) is 48.5 Å². The number of ether oxygens (including phenoxy) is 1. The van der Waals surface area contributed by atoms with E-state index in [0.717, 1.165) is 12.3 Å². The Hall–Kier alpha value is -1.80. The Morgan fingerprint density at radius 2 is 1.55 bits per heavy atom. The first-order valence-corrected chi connectivity index (χ1v) is 7.29. The van der Waals surface area contributed by atoms with Gasteiger partial charge in [-0.3, -0.25) is 4.90 Å². The molecular formula is C18H21NO. The summed E-state index contributed by atoms with van der Waals surface area (Å²) in [6.07, 6.45) is 1.34. The zero-order valence-electron chi connectivity index (χ0n) is 12.0. The first kappa shape index (κ1) is 13.2. The Bertz CT molecular complexity index is 541. The minimum absolute atomic E-state index is 0.631. The maximum Gasteiger partial charge on any atom is 0.119 e. The van der Waals surface area contributed by atoms with E-state index in [2.05, 4.69) is 60.4 Å². The molecule has 2 heteroatoms. The molecule has 20 heavy (non-hydrogen) atoms. The third kappa shape index (κ3) is 3.40. The van der Waals surface area contributed by atoms with E-state index in [9.17, 15) is 0 Å². The van der Waals surface area contributed by atoms with Crippen molar-refractivity contribution in [3.8, 4) is 5.75 Å². The fourth-order valence-corrected chi connectivity index (χ4v) is 2.34. The number of rotatable bonds is 5. The van der Waals surface area contributed by atoms with Gasteiger partial charge in [-0.2, -0.15) is 0 Å². The van der Waals surface area contributed by atoms with Crippen LogP contribution in [0.1, 0.15) is 23.1 Å². The highest BCUT2D eigenvalue weighted by Gasteiger charge is 2.13. The first-order valence-electron chi connectivity index (χ1n) is 7.29. The van der Waals surface area contributed by atoms with Gasteiger partial charge in [-0.1, -0.05) is 42.0 Å². The standard InChI is InChI=1S/C18H21NO/c1-15-3-5-17(6-4-15)14-20-18-9-7-16(8-10-18)13-19-11-2-12-19/h3-10H,2,11-14H2,1H3. The van der Waals surface area contributed by atoms with E-state index in [4.69, 9.17) is 4.74 Å². The van der Waals surface area contributed by atoms with Gasteiger partial charge in [-0.05, 0) is 49.7 Å². The molecule has 0 bridgehead atoms. The molecule has 0 unspecified atom stereocenters. The molecular weight excluding hydrogens is 246 g/mol. The molecule has 3 rings (SSSR count). The van der Waals surface area contributed by atoms with Gasteiger partial charge in [0, 0.05) is 6.54 Å². The van der Waals surface area contributed by atoms with Gasteiger partial charge in [0.1, 0.15) is 12.4 Å². The molecule has 0 amide bonds. The quantitative estimate of drug-likeness (QED) is 0.817. The molecule has 2 aromatic rings. The Morgan fingerprint density at radius 3 is 2.15 bits per heavy atom. The molecule has 0 N–H and O–H groups in total. The number of hydrogen-bond acceptors (Lipinski definition) is 2. The third-order valence-corrected chi connectivity index (χ3v) is 3.80. The molecule has 104 valence electrons. The smallest absolute Gasteiger partial charge is 0.119 e. The fraction of sp³-hybridized carbons (Fsp3) is 0.333. The van der Waals surface area contributed by atoms with Gasteiger partial charge in [-0.15, -0.1) is 0 Å². The number of aryl methyl sites for hydroxylation is 1. The van der Waals surface area contributed by atoms with Gasteiger partial charge >= 0.3 is 0 Å². The predicted octanol–water partition coefficient (Wildman–Crippen LogP) is 3.78. The summed E-state index contributed by atoms with van der Waals surface area (Å²) in [5.74, 6) is 0.943. The zero-order valence-corrected chi connectivity index (χ0v) is 12.0. The molecule has 0 radical (unpaired) electrons. The average Bonchev–Trinajstić information content (AvgIpc) is 2.44. The minimum Gasteiger partial charge on any atom is -0.489 e. The Balaban J connectivity index is 1.53. The summed E-state index contributed by atoms with van der Waals surface area (Å²) in [6, 6.07) is 17.0. The van der Waals surface area contributed by atoms with Gasteiger partial charge in [-0.25, -0.2) is 0 Å². The van der Waals surface area contributed by atoms with E-state index in [-0.39, 0.29) is 0 Å². The molecule has 0 atom stereocenters. The van der Waals surface area contributed by atoms with Crippen LogP contribution in [-0.2, 0) is 13.2 Å². The summed E-state index contributed by atoms with van der Waals surface area (Å²) in [7, 11) is 0. The predicted molar refractivity (Wildman–Crippen MR) is 81.8 cm³/mol. The molecule has 0 saturated carbocycles. The van der Waals surface area contributed by atoms with E-state index in [1.807, 2.05) is 0 Å². The van der Waals surface area contributed by atoms with Crippen LogP contribution in [0.3, 0.4) is 0 Å². The summed E-state index contributed by atoms with van der Waals surface area (Å²) in [5.41, 5.74) is 3.86. The van der Waals surface area contributed by atoms with Crippen LogP contribution in [-0.4, -0.2) is 18.0 Å². The Morgan fingerprint density at radius 1 is 0.900 bits per heavy atom. The van der Waals surface area contributed by atoms with Gasteiger partial charge in [0.25, 0.3) is 0 Å². The van der Waals surface area contributed by atoms with Gasteiger partial charge in [0.05, 0.1) is 0 Å². The number of likely N-dealkylation sites (tertiary alicyclic amines) is 1. The molecule has 0 aromatic heterocycles. The lowest BCUT2D eigenvalue weighted by Gasteiger charge is -2.30. The maximum atomic E-state index is 5.82. The highest BCUT2D eigenvalue weighted by molar-refractivity contribution is 5.28. The lowest BCUT2D eigenvalue weighted by molar-refractivity contribution is 0.172. The van der Waals surface area contributed by atoms with E-state index < -0.39 is 0 Å². The summed E-state index contributed by atoms with van der Waals surface area (Å²) in [4.78, 5) is 2.46. The first-order chi connectivity index (χ1) is 9.79. The summed E-state index contributed by atoms with van der Waals surface area (Å²) in [6.45, 7) is 6.28. The molecule has 1 fully saturated rings. The molecule has 1 heterocycles. The Kier molecular flexibility index (Phi) is 4.03. The zero-order chi connectivity index (χ0) is 13.8. The summed E-state index contributed by atoms with van der Waals surface area (Å²) in [5, 5.41) is 0. The highest BCUT2D eigenvalue weighted by atomic mass is 16.5. The third-order valence-electron chi connectivity index (χ3n) is 3.80. The van der Waals surface area contributed by atoms with Crippen LogP contribution >= 0.6 is 0 Å². The van der Waals surface area contributed by atoms with E-state index >= 15 is 0 Å². The molecule has 1 aliphatic rings. The van der Waals surface area contributed by atoms with E-state index in [1.54, 1.807) is 0 Å². The van der Waals surface area contributed by atoms with Crippen molar-refractivity contribution in [3.63, 3.8) is 0 Å². The normalized spacial score (nSPS) is 14.8. The second-order valence-electron chi connectivity index (χ2n) is 5.55. The maximum absolute atomic E-state index is 5.82. The van der Waals surface area contributed by atoms with E-state index in [0.29, 0.717) is 6.61 Å². The molecule has 0 spiro atoms. The van der Waals surface area contributed by atoms with Crippen LogP contribution in [0, 0.1) is 6.92 Å². The molecule has 2 aromatic carbocycles. The fourth-order valence-electron chi connectivity index (χ4n) is 2.34. The lowest BCUT2D eigenvalue weighted by atomic mass is 10.1. The Labute approximate surface area is 121 Å². The summed E-state index contributed by atoms with van der Waals surface area (Å²) >= 11 is 0. The number of nitrogens with zero attached hydrogens (tertiary/aromatic N) is 1.